The quantitative estimate of drug-likeness (QED) is 0.906. The lowest BCUT2D eigenvalue weighted by Crippen LogP contribution is -2.31. The van der Waals surface area contributed by atoms with E-state index in [-0.39, 0.29) is 5.91 Å². The number of halogens is 1. The van der Waals surface area contributed by atoms with Crippen LogP contribution >= 0.6 is 22.9 Å². The lowest BCUT2D eigenvalue weighted by Gasteiger charge is -2.20. The molecule has 4 nitrogen and oxygen atoms in total. The van der Waals surface area contributed by atoms with Crippen molar-refractivity contribution in [1.82, 2.24) is 9.88 Å². The number of benzene rings is 1. The van der Waals surface area contributed by atoms with Gasteiger partial charge in [-0.3, -0.25) is 4.79 Å². The third-order valence-electron chi connectivity index (χ3n) is 3.26. The van der Waals surface area contributed by atoms with Crippen molar-refractivity contribution in [3.63, 3.8) is 0 Å². The molecule has 6 heteroatoms. The zero-order chi connectivity index (χ0) is 16.3. The Labute approximate surface area is 139 Å². The Bertz CT molecular complexity index is 640. The van der Waals surface area contributed by atoms with Gasteiger partial charge in [-0.1, -0.05) is 37.6 Å². The first-order valence-electron chi connectivity index (χ1n) is 7.01. The maximum Gasteiger partial charge on any atom is 0.256 e. The zero-order valence-corrected chi connectivity index (χ0v) is 14.4. The minimum absolute atomic E-state index is 0.360. The van der Waals surface area contributed by atoms with Crippen molar-refractivity contribution >= 4 is 28.8 Å². The second-order valence-corrected chi connectivity index (χ2v) is 6.81. The molecule has 22 heavy (non-hydrogen) atoms. The normalized spacial score (nSPS) is 12.5. The standard InChI is InChI=1S/C16H19ClN2O2S/c1-10(2)15-18-13(9-22-15)8-19(3)16(21)14(20)11-4-6-12(17)7-5-11/h4-7,9-10,14,20H,8H2,1-3H3. The van der Waals surface area contributed by atoms with Crippen LogP contribution in [-0.4, -0.2) is 27.9 Å². The molecule has 0 saturated carbocycles. The average Bonchev–Trinajstić information content (AvgIpc) is 2.95. The summed E-state index contributed by atoms with van der Waals surface area (Å²) in [7, 11) is 1.66. The number of likely N-dealkylation sites (N-methyl/N-ethyl adjacent to an activating group) is 1. The minimum Gasteiger partial charge on any atom is -0.378 e. The van der Waals surface area contributed by atoms with Gasteiger partial charge in [0, 0.05) is 23.4 Å². The van der Waals surface area contributed by atoms with E-state index in [1.807, 2.05) is 5.38 Å². The molecule has 0 aliphatic carbocycles. The van der Waals surface area contributed by atoms with Gasteiger partial charge in [0.25, 0.3) is 5.91 Å². The molecule has 1 atom stereocenters. The van der Waals surface area contributed by atoms with Crippen molar-refractivity contribution in [3.8, 4) is 0 Å². The van der Waals surface area contributed by atoms with E-state index in [1.54, 1.807) is 42.6 Å². The number of aliphatic hydroxyl groups excluding tert-OH is 1. The molecule has 1 unspecified atom stereocenters. The lowest BCUT2D eigenvalue weighted by atomic mass is 10.1. The molecule has 0 aliphatic rings. The van der Waals surface area contributed by atoms with E-state index >= 15 is 0 Å². The Balaban J connectivity index is 2.03. The first-order valence-corrected chi connectivity index (χ1v) is 8.27. The lowest BCUT2D eigenvalue weighted by molar-refractivity contribution is -0.139. The fraction of sp³-hybridized carbons (Fsp3) is 0.375. The molecular formula is C16H19ClN2O2S. The highest BCUT2D eigenvalue weighted by atomic mass is 35.5. The predicted octanol–water partition coefficient (Wildman–Crippen LogP) is 3.61. The summed E-state index contributed by atoms with van der Waals surface area (Å²) in [5.74, 6) is 0.0147. The van der Waals surface area contributed by atoms with E-state index in [2.05, 4.69) is 18.8 Å². The van der Waals surface area contributed by atoms with Crippen LogP contribution in [0, 0.1) is 0 Å². The number of rotatable bonds is 5. The fourth-order valence-electron chi connectivity index (χ4n) is 1.98. The minimum atomic E-state index is -1.19. The van der Waals surface area contributed by atoms with Crippen LogP contribution in [0.25, 0.3) is 0 Å². The van der Waals surface area contributed by atoms with Gasteiger partial charge in [0.05, 0.1) is 17.2 Å². The van der Waals surface area contributed by atoms with Crippen LogP contribution in [0.3, 0.4) is 0 Å². The molecule has 0 bridgehead atoms. The molecule has 0 saturated heterocycles. The number of hydrogen-bond acceptors (Lipinski definition) is 4. The van der Waals surface area contributed by atoms with Crippen molar-refractivity contribution in [2.45, 2.75) is 32.4 Å². The smallest absolute Gasteiger partial charge is 0.256 e. The van der Waals surface area contributed by atoms with Crippen molar-refractivity contribution in [2.24, 2.45) is 0 Å². The largest absolute Gasteiger partial charge is 0.378 e. The Morgan fingerprint density at radius 1 is 1.36 bits per heavy atom. The molecule has 1 amide bonds. The fourth-order valence-corrected chi connectivity index (χ4v) is 2.93. The maximum absolute atomic E-state index is 12.3. The van der Waals surface area contributed by atoms with E-state index in [9.17, 15) is 9.90 Å². The van der Waals surface area contributed by atoms with Crippen molar-refractivity contribution in [2.75, 3.05) is 7.05 Å². The molecule has 118 valence electrons. The van der Waals surface area contributed by atoms with E-state index in [4.69, 9.17) is 11.6 Å². The average molecular weight is 339 g/mol. The van der Waals surface area contributed by atoms with Gasteiger partial charge in [-0.15, -0.1) is 11.3 Å². The summed E-state index contributed by atoms with van der Waals surface area (Å²) in [6, 6.07) is 6.61. The Kier molecular flexibility index (Phi) is 5.56. The molecular weight excluding hydrogens is 320 g/mol. The van der Waals surface area contributed by atoms with Crippen LogP contribution in [0.4, 0.5) is 0 Å². The van der Waals surface area contributed by atoms with E-state index in [1.165, 1.54) is 4.90 Å². The van der Waals surface area contributed by atoms with Crippen LogP contribution in [-0.2, 0) is 11.3 Å². The second kappa shape index (κ2) is 7.22. The van der Waals surface area contributed by atoms with Gasteiger partial charge in [0.1, 0.15) is 0 Å². The second-order valence-electron chi connectivity index (χ2n) is 5.48. The number of thiazole rings is 1. The number of aromatic nitrogens is 1. The molecule has 0 fully saturated rings. The van der Waals surface area contributed by atoms with Gasteiger partial charge in [-0.05, 0) is 17.7 Å². The molecule has 2 rings (SSSR count). The van der Waals surface area contributed by atoms with Crippen LogP contribution in [0.1, 0.15) is 42.1 Å². The van der Waals surface area contributed by atoms with Crippen molar-refractivity contribution < 1.29 is 9.90 Å². The molecule has 0 spiro atoms. The molecule has 0 radical (unpaired) electrons. The van der Waals surface area contributed by atoms with Crippen LogP contribution in [0.15, 0.2) is 29.6 Å². The summed E-state index contributed by atoms with van der Waals surface area (Å²) in [4.78, 5) is 18.3. The van der Waals surface area contributed by atoms with Gasteiger partial charge in [-0.2, -0.15) is 0 Å². The molecule has 2 aromatic rings. The number of carbonyl (C=O) groups excluding carboxylic acids is 1. The van der Waals surface area contributed by atoms with E-state index in [0.29, 0.717) is 23.0 Å². The molecule has 1 aromatic heterocycles. The molecule has 1 aromatic carbocycles. The Morgan fingerprint density at radius 3 is 2.55 bits per heavy atom. The topological polar surface area (TPSA) is 53.4 Å². The highest BCUT2D eigenvalue weighted by Gasteiger charge is 2.22. The summed E-state index contributed by atoms with van der Waals surface area (Å²) in [6.07, 6.45) is -1.19. The first-order chi connectivity index (χ1) is 10.4. The SMILES string of the molecule is CC(C)c1nc(CN(C)C(=O)C(O)c2ccc(Cl)cc2)cs1. The summed E-state index contributed by atoms with van der Waals surface area (Å²) in [5.41, 5.74) is 1.37. The predicted molar refractivity (Wildman–Crippen MR) is 89.1 cm³/mol. The molecule has 0 aliphatic heterocycles. The van der Waals surface area contributed by atoms with Gasteiger partial charge >= 0.3 is 0 Å². The van der Waals surface area contributed by atoms with Crippen LogP contribution < -0.4 is 0 Å². The number of amides is 1. The Morgan fingerprint density at radius 2 is 2.00 bits per heavy atom. The van der Waals surface area contributed by atoms with Crippen LogP contribution in [0.2, 0.25) is 5.02 Å². The van der Waals surface area contributed by atoms with E-state index in [0.717, 1.165) is 10.7 Å². The number of aliphatic hydroxyl groups is 1. The van der Waals surface area contributed by atoms with Gasteiger partial charge in [0.15, 0.2) is 6.10 Å². The first kappa shape index (κ1) is 16.9. The summed E-state index contributed by atoms with van der Waals surface area (Å²) < 4.78 is 0. The summed E-state index contributed by atoms with van der Waals surface area (Å²) >= 11 is 7.40. The van der Waals surface area contributed by atoms with Gasteiger partial charge in [0.2, 0.25) is 0 Å². The Hall–Kier alpha value is -1.43. The van der Waals surface area contributed by atoms with Crippen molar-refractivity contribution in [1.29, 1.82) is 0 Å². The maximum atomic E-state index is 12.3. The highest BCUT2D eigenvalue weighted by Crippen LogP contribution is 2.22. The third kappa shape index (κ3) is 4.06. The molecule has 1 heterocycles. The molecule has 1 N–H and O–H groups in total. The highest BCUT2D eigenvalue weighted by molar-refractivity contribution is 7.09. The van der Waals surface area contributed by atoms with E-state index < -0.39 is 6.10 Å². The number of nitrogens with zero attached hydrogens (tertiary/aromatic N) is 2. The monoisotopic (exact) mass is 338 g/mol. The van der Waals surface area contributed by atoms with Crippen LogP contribution in [0.5, 0.6) is 0 Å². The number of carbonyl (C=O) groups is 1. The van der Waals surface area contributed by atoms with Gasteiger partial charge < -0.3 is 10.0 Å². The number of hydrogen-bond donors (Lipinski definition) is 1. The zero-order valence-electron chi connectivity index (χ0n) is 12.8. The summed E-state index contributed by atoms with van der Waals surface area (Å²) in [6.45, 7) is 4.55. The van der Waals surface area contributed by atoms with Crippen molar-refractivity contribution in [3.05, 3.63) is 50.9 Å². The van der Waals surface area contributed by atoms with Gasteiger partial charge in [-0.25, -0.2) is 4.98 Å². The summed E-state index contributed by atoms with van der Waals surface area (Å²) in [5, 5.41) is 13.7. The third-order valence-corrected chi connectivity index (χ3v) is 4.70.